The van der Waals surface area contributed by atoms with Crippen LogP contribution in [0, 0.1) is 6.92 Å². The highest BCUT2D eigenvalue weighted by Crippen LogP contribution is 2.38. The lowest BCUT2D eigenvalue weighted by Gasteiger charge is -2.32. The van der Waals surface area contributed by atoms with Crippen molar-refractivity contribution in [1.82, 2.24) is 14.5 Å². The molecule has 2 aromatic heterocycles. The van der Waals surface area contributed by atoms with Gasteiger partial charge in [-0.2, -0.15) is 0 Å². The van der Waals surface area contributed by atoms with E-state index in [4.69, 9.17) is 9.72 Å². The standard InChI is InChI=1S/C23H29N3O2S/c1-14(2)21-24-22-20(23(27)26(21)17-9-11-25(4)12-10-17)19(15(3)29-22)16-7-6-8-18(13-16)28-5/h6-8,13-14,17H,9-12H2,1-5H3. The van der Waals surface area contributed by atoms with Crippen molar-refractivity contribution in [2.45, 2.75) is 45.6 Å². The number of benzene rings is 1. The van der Waals surface area contributed by atoms with Crippen molar-refractivity contribution < 1.29 is 4.74 Å². The summed E-state index contributed by atoms with van der Waals surface area (Å²) in [4.78, 5) is 23.2. The zero-order chi connectivity index (χ0) is 20.7. The summed E-state index contributed by atoms with van der Waals surface area (Å²) in [6.07, 6.45) is 1.97. The molecular weight excluding hydrogens is 382 g/mol. The van der Waals surface area contributed by atoms with Crippen molar-refractivity contribution in [3.8, 4) is 16.9 Å². The summed E-state index contributed by atoms with van der Waals surface area (Å²) in [5.41, 5.74) is 2.12. The van der Waals surface area contributed by atoms with Gasteiger partial charge in [-0.3, -0.25) is 9.36 Å². The number of aryl methyl sites for hydroxylation is 1. The molecule has 0 saturated carbocycles. The van der Waals surface area contributed by atoms with Gasteiger partial charge in [0, 0.05) is 22.4 Å². The van der Waals surface area contributed by atoms with Crippen LogP contribution in [0.3, 0.4) is 0 Å². The van der Waals surface area contributed by atoms with E-state index in [1.807, 2.05) is 28.8 Å². The molecule has 3 aromatic rings. The minimum absolute atomic E-state index is 0.107. The van der Waals surface area contributed by atoms with Crippen LogP contribution in [0.5, 0.6) is 5.75 Å². The Balaban J connectivity index is 1.97. The maximum Gasteiger partial charge on any atom is 0.263 e. The van der Waals surface area contributed by atoms with E-state index in [1.54, 1.807) is 18.4 Å². The summed E-state index contributed by atoms with van der Waals surface area (Å²) in [6, 6.07) is 8.17. The molecular formula is C23H29N3O2S. The zero-order valence-electron chi connectivity index (χ0n) is 17.9. The first-order valence-electron chi connectivity index (χ1n) is 10.3. The Morgan fingerprint density at radius 2 is 1.97 bits per heavy atom. The maximum atomic E-state index is 13.9. The van der Waals surface area contributed by atoms with Crippen molar-refractivity contribution in [2.75, 3.05) is 27.2 Å². The number of hydrogen-bond donors (Lipinski definition) is 0. The Hall–Kier alpha value is -2.18. The van der Waals surface area contributed by atoms with Crippen LogP contribution in [0.25, 0.3) is 21.3 Å². The fraction of sp³-hybridized carbons (Fsp3) is 0.478. The highest BCUT2D eigenvalue weighted by atomic mass is 32.1. The van der Waals surface area contributed by atoms with Gasteiger partial charge >= 0.3 is 0 Å². The minimum Gasteiger partial charge on any atom is -0.497 e. The Morgan fingerprint density at radius 1 is 1.24 bits per heavy atom. The van der Waals surface area contributed by atoms with Crippen LogP contribution in [-0.2, 0) is 0 Å². The molecule has 1 aliphatic heterocycles. The minimum atomic E-state index is 0.107. The lowest BCUT2D eigenvalue weighted by molar-refractivity contribution is 0.215. The average Bonchev–Trinajstić information content (AvgIpc) is 3.05. The van der Waals surface area contributed by atoms with E-state index in [9.17, 15) is 4.79 Å². The molecule has 0 radical (unpaired) electrons. The normalized spacial score (nSPS) is 16.1. The lowest BCUT2D eigenvalue weighted by atomic mass is 10.0. The molecule has 1 aromatic carbocycles. The fourth-order valence-corrected chi connectivity index (χ4v) is 5.37. The van der Waals surface area contributed by atoms with Crippen LogP contribution in [-0.4, -0.2) is 41.7 Å². The van der Waals surface area contributed by atoms with E-state index >= 15 is 0 Å². The van der Waals surface area contributed by atoms with E-state index in [0.29, 0.717) is 0 Å². The van der Waals surface area contributed by atoms with Crippen LogP contribution >= 0.6 is 11.3 Å². The first-order chi connectivity index (χ1) is 13.9. The fourth-order valence-electron chi connectivity index (χ4n) is 4.33. The average molecular weight is 412 g/mol. The second-order valence-corrected chi connectivity index (χ2v) is 9.48. The molecule has 0 unspecified atom stereocenters. The van der Waals surface area contributed by atoms with Gasteiger partial charge in [-0.1, -0.05) is 26.0 Å². The molecule has 6 heteroatoms. The van der Waals surface area contributed by atoms with Crippen LogP contribution in [0.1, 0.15) is 49.4 Å². The van der Waals surface area contributed by atoms with Gasteiger partial charge in [-0.25, -0.2) is 4.98 Å². The van der Waals surface area contributed by atoms with Crippen molar-refractivity contribution in [2.24, 2.45) is 0 Å². The SMILES string of the molecule is COc1cccc(-c2c(C)sc3nc(C(C)C)n(C4CCN(C)CC4)c(=O)c23)c1. The summed E-state index contributed by atoms with van der Waals surface area (Å²) in [6.45, 7) is 8.36. The summed E-state index contributed by atoms with van der Waals surface area (Å²) in [5, 5.41) is 0.754. The second-order valence-electron chi connectivity index (χ2n) is 8.28. The van der Waals surface area contributed by atoms with Crippen LogP contribution in [0.4, 0.5) is 0 Å². The molecule has 4 rings (SSSR count). The van der Waals surface area contributed by atoms with E-state index in [1.165, 1.54) is 0 Å². The number of piperidine rings is 1. The van der Waals surface area contributed by atoms with E-state index < -0.39 is 0 Å². The topological polar surface area (TPSA) is 47.4 Å². The van der Waals surface area contributed by atoms with E-state index in [-0.39, 0.29) is 17.5 Å². The van der Waals surface area contributed by atoms with Gasteiger partial charge in [-0.05, 0) is 57.6 Å². The van der Waals surface area contributed by atoms with Gasteiger partial charge in [0.2, 0.25) is 0 Å². The molecule has 0 spiro atoms. The van der Waals surface area contributed by atoms with Gasteiger partial charge in [-0.15, -0.1) is 11.3 Å². The van der Waals surface area contributed by atoms with Gasteiger partial charge in [0.1, 0.15) is 16.4 Å². The lowest BCUT2D eigenvalue weighted by Crippen LogP contribution is -2.37. The monoisotopic (exact) mass is 411 g/mol. The number of rotatable bonds is 4. The van der Waals surface area contributed by atoms with Gasteiger partial charge in [0.25, 0.3) is 5.56 Å². The summed E-state index contributed by atoms with van der Waals surface area (Å²) < 4.78 is 7.42. The molecule has 1 saturated heterocycles. The highest BCUT2D eigenvalue weighted by Gasteiger charge is 2.27. The molecule has 154 valence electrons. The molecule has 5 nitrogen and oxygen atoms in total. The van der Waals surface area contributed by atoms with E-state index in [2.05, 4.69) is 32.7 Å². The Morgan fingerprint density at radius 3 is 2.62 bits per heavy atom. The van der Waals surface area contributed by atoms with Crippen LogP contribution in [0.2, 0.25) is 0 Å². The molecule has 0 N–H and O–H groups in total. The number of fused-ring (bicyclic) bond motifs is 1. The largest absolute Gasteiger partial charge is 0.497 e. The molecule has 1 fully saturated rings. The number of aromatic nitrogens is 2. The van der Waals surface area contributed by atoms with Crippen LogP contribution < -0.4 is 10.3 Å². The van der Waals surface area contributed by atoms with Crippen LogP contribution in [0.15, 0.2) is 29.1 Å². The Labute approximate surface area is 176 Å². The third-order valence-corrected chi connectivity index (χ3v) is 6.89. The Bertz CT molecular complexity index is 1090. The predicted molar refractivity (Wildman–Crippen MR) is 120 cm³/mol. The first-order valence-corrected chi connectivity index (χ1v) is 11.1. The molecule has 0 bridgehead atoms. The van der Waals surface area contributed by atoms with Gasteiger partial charge in [0.05, 0.1) is 12.5 Å². The quantitative estimate of drug-likeness (QED) is 0.617. The first kappa shape index (κ1) is 20.1. The van der Waals surface area contributed by atoms with Crippen molar-refractivity contribution in [1.29, 1.82) is 0 Å². The number of nitrogens with zero attached hydrogens (tertiary/aromatic N) is 3. The molecule has 0 amide bonds. The number of hydrogen-bond acceptors (Lipinski definition) is 5. The third-order valence-electron chi connectivity index (χ3n) is 5.89. The van der Waals surface area contributed by atoms with Gasteiger partial charge < -0.3 is 9.64 Å². The zero-order valence-corrected chi connectivity index (χ0v) is 18.7. The number of ether oxygens (including phenoxy) is 1. The molecule has 29 heavy (non-hydrogen) atoms. The van der Waals surface area contributed by atoms with Crippen molar-refractivity contribution in [3.05, 3.63) is 45.3 Å². The molecule has 0 aliphatic carbocycles. The van der Waals surface area contributed by atoms with Gasteiger partial charge in [0.15, 0.2) is 0 Å². The smallest absolute Gasteiger partial charge is 0.263 e. The summed E-state index contributed by atoms with van der Waals surface area (Å²) in [5.74, 6) is 1.91. The van der Waals surface area contributed by atoms with Crippen molar-refractivity contribution >= 4 is 21.6 Å². The summed E-state index contributed by atoms with van der Waals surface area (Å²) in [7, 11) is 3.81. The predicted octanol–water partition coefficient (Wildman–Crippen LogP) is 4.83. The molecule has 1 aliphatic rings. The number of thiophene rings is 1. The third kappa shape index (κ3) is 3.60. The Kier molecular flexibility index (Phi) is 5.49. The molecule has 0 atom stereocenters. The second kappa shape index (κ2) is 7.92. The molecule has 3 heterocycles. The maximum absolute atomic E-state index is 13.9. The highest BCUT2D eigenvalue weighted by molar-refractivity contribution is 7.19. The number of likely N-dealkylation sites (tertiary alicyclic amines) is 1. The number of methoxy groups -OCH3 is 1. The van der Waals surface area contributed by atoms with Crippen molar-refractivity contribution in [3.63, 3.8) is 0 Å². The van der Waals surface area contributed by atoms with E-state index in [0.717, 1.165) is 63.7 Å². The summed E-state index contributed by atoms with van der Waals surface area (Å²) >= 11 is 1.62.